The molecule has 1 aromatic rings. The first-order valence-electron chi connectivity index (χ1n) is 4.44. The summed E-state index contributed by atoms with van der Waals surface area (Å²) in [6.07, 6.45) is -4.80. The predicted molar refractivity (Wildman–Crippen MR) is 49.1 cm³/mol. The first kappa shape index (κ1) is 12.4. The van der Waals surface area contributed by atoms with Gasteiger partial charge in [-0.1, -0.05) is 6.07 Å². The highest BCUT2D eigenvalue weighted by Gasteiger charge is 2.38. The van der Waals surface area contributed by atoms with Gasteiger partial charge in [0.25, 0.3) is 0 Å². The lowest BCUT2D eigenvalue weighted by Crippen LogP contribution is -2.15. The van der Waals surface area contributed by atoms with Crippen LogP contribution in [-0.4, -0.2) is 17.7 Å². The first-order valence-corrected chi connectivity index (χ1v) is 4.44. The number of carbonyl (C=O) groups excluding carboxylic acids is 1. The summed E-state index contributed by atoms with van der Waals surface area (Å²) in [5.41, 5.74) is -2.05. The number of ether oxygens (including phenoxy) is 1. The van der Waals surface area contributed by atoms with Crippen LogP contribution in [0.5, 0.6) is 5.75 Å². The number of phenolic OH excluding ortho intramolecular Hbond substituents is 1. The number of hydrogen-bond acceptors (Lipinski definition) is 3. The van der Waals surface area contributed by atoms with Gasteiger partial charge in [-0.25, -0.2) is 4.79 Å². The summed E-state index contributed by atoms with van der Waals surface area (Å²) < 4.78 is 42.1. The number of halogens is 3. The number of phenols is 1. The summed E-state index contributed by atoms with van der Waals surface area (Å²) in [4.78, 5) is 11.2. The Bertz CT molecular complexity index is 399. The third-order valence-corrected chi connectivity index (χ3v) is 1.82. The smallest absolute Gasteiger partial charge is 0.420 e. The molecule has 6 heteroatoms. The van der Waals surface area contributed by atoms with Gasteiger partial charge in [-0.2, -0.15) is 13.2 Å². The molecule has 0 aliphatic carbocycles. The van der Waals surface area contributed by atoms with Crippen LogP contribution in [-0.2, 0) is 10.9 Å². The molecule has 0 aliphatic rings. The van der Waals surface area contributed by atoms with Gasteiger partial charge in [-0.15, -0.1) is 0 Å². The molecule has 0 atom stereocenters. The van der Waals surface area contributed by atoms with Crippen LogP contribution in [0.25, 0.3) is 0 Å². The van der Waals surface area contributed by atoms with Gasteiger partial charge >= 0.3 is 12.1 Å². The maximum Gasteiger partial charge on any atom is 0.420 e. The largest absolute Gasteiger partial charge is 0.507 e. The monoisotopic (exact) mass is 234 g/mol. The van der Waals surface area contributed by atoms with Crippen LogP contribution in [0.1, 0.15) is 22.8 Å². The molecule has 0 spiro atoms. The van der Waals surface area contributed by atoms with E-state index in [1.54, 1.807) is 0 Å². The molecule has 88 valence electrons. The van der Waals surface area contributed by atoms with E-state index in [0.717, 1.165) is 18.2 Å². The third-order valence-electron chi connectivity index (χ3n) is 1.82. The van der Waals surface area contributed by atoms with Crippen molar-refractivity contribution in [3.63, 3.8) is 0 Å². The van der Waals surface area contributed by atoms with E-state index in [-0.39, 0.29) is 6.61 Å². The molecular formula is C10H9F3O3. The van der Waals surface area contributed by atoms with Crippen molar-refractivity contribution in [3.05, 3.63) is 29.3 Å². The van der Waals surface area contributed by atoms with Gasteiger partial charge in [0.15, 0.2) is 0 Å². The van der Waals surface area contributed by atoms with Crippen molar-refractivity contribution in [1.82, 2.24) is 0 Å². The lowest BCUT2D eigenvalue weighted by atomic mass is 10.1. The van der Waals surface area contributed by atoms with Crippen molar-refractivity contribution in [2.24, 2.45) is 0 Å². The van der Waals surface area contributed by atoms with Crippen molar-refractivity contribution in [3.8, 4) is 5.75 Å². The maximum absolute atomic E-state index is 12.5. The van der Waals surface area contributed by atoms with Gasteiger partial charge in [0, 0.05) is 0 Å². The fourth-order valence-corrected chi connectivity index (χ4v) is 1.22. The van der Waals surface area contributed by atoms with Crippen molar-refractivity contribution in [2.75, 3.05) is 6.61 Å². The van der Waals surface area contributed by atoms with Crippen LogP contribution in [0.2, 0.25) is 0 Å². The number of rotatable bonds is 2. The molecule has 1 N–H and O–H groups in total. The van der Waals surface area contributed by atoms with Gasteiger partial charge in [-0.05, 0) is 19.1 Å². The molecule has 0 saturated carbocycles. The summed E-state index contributed by atoms with van der Waals surface area (Å²) in [6.45, 7) is 1.44. The molecule has 0 aromatic heterocycles. The van der Waals surface area contributed by atoms with Crippen molar-refractivity contribution in [1.29, 1.82) is 0 Å². The summed E-state index contributed by atoms with van der Waals surface area (Å²) >= 11 is 0. The number of alkyl halides is 3. The fraction of sp³-hybridized carbons (Fsp3) is 0.300. The van der Waals surface area contributed by atoms with Crippen LogP contribution in [0.3, 0.4) is 0 Å². The predicted octanol–water partition coefficient (Wildman–Crippen LogP) is 2.59. The molecule has 1 rings (SSSR count). The highest BCUT2D eigenvalue weighted by Crippen LogP contribution is 2.38. The fourth-order valence-electron chi connectivity index (χ4n) is 1.22. The first-order chi connectivity index (χ1) is 7.38. The van der Waals surface area contributed by atoms with Crippen molar-refractivity contribution in [2.45, 2.75) is 13.1 Å². The summed E-state index contributed by atoms with van der Waals surface area (Å²) in [6, 6.07) is 2.98. The minimum Gasteiger partial charge on any atom is -0.507 e. The van der Waals surface area contributed by atoms with E-state index in [1.807, 2.05) is 0 Å². The summed E-state index contributed by atoms with van der Waals surface area (Å²) in [5, 5.41) is 9.12. The van der Waals surface area contributed by atoms with E-state index in [2.05, 4.69) is 4.74 Å². The number of benzene rings is 1. The Labute approximate surface area is 89.5 Å². The lowest BCUT2D eigenvalue weighted by Gasteiger charge is -2.13. The number of aromatic hydroxyl groups is 1. The van der Waals surface area contributed by atoms with Crippen molar-refractivity contribution >= 4 is 5.97 Å². The van der Waals surface area contributed by atoms with Gasteiger partial charge in [0.2, 0.25) is 0 Å². The van der Waals surface area contributed by atoms with E-state index in [4.69, 9.17) is 5.11 Å². The Kier molecular flexibility index (Phi) is 3.41. The Hall–Kier alpha value is -1.72. The Morgan fingerprint density at radius 2 is 2.06 bits per heavy atom. The second kappa shape index (κ2) is 4.42. The van der Waals surface area contributed by atoms with Crippen molar-refractivity contribution < 1.29 is 27.8 Å². The topological polar surface area (TPSA) is 46.5 Å². The van der Waals surface area contributed by atoms with Gasteiger partial charge < -0.3 is 9.84 Å². The zero-order valence-corrected chi connectivity index (χ0v) is 8.34. The molecule has 0 aliphatic heterocycles. The second-order valence-electron chi connectivity index (χ2n) is 2.92. The van der Waals surface area contributed by atoms with Crippen LogP contribution < -0.4 is 0 Å². The molecule has 16 heavy (non-hydrogen) atoms. The molecule has 0 saturated heterocycles. The second-order valence-corrected chi connectivity index (χ2v) is 2.92. The Morgan fingerprint density at radius 3 is 2.56 bits per heavy atom. The highest BCUT2D eigenvalue weighted by molar-refractivity contribution is 5.92. The number of esters is 1. The molecule has 0 unspecified atom stereocenters. The van der Waals surface area contributed by atoms with Crippen LogP contribution in [0.4, 0.5) is 13.2 Å². The minimum absolute atomic E-state index is 0.0359. The van der Waals surface area contributed by atoms with Crippen LogP contribution in [0, 0.1) is 0 Å². The Morgan fingerprint density at radius 1 is 1.44 bits per heavy atom. The van der Waals surface area contributed by atoms with Crippen LogP contribution in [0.15, 0.2) is 18.2 Å². The molecule has 0 amide bonds. The normalized spacial score (nSPS) is 11.2. The average Bonchev–Trinajstić information content (AvgIpc) is 2.15. The molecule has 0 radical (unpaired) electrons. The molecule has 0 bridgehead atoms. The maximum atomic E-state index is 12.5. The van der Waals surface area contributed by atoms with E-state index < -0.39 is 29.0 Å². The molecular weight excluding hydrogens is 225 g/mol. The van der Waals surface area contributed by atoms with Gasteiger partial charge in [-0.3, -0.25) is 0 Å². The van der Waals surface area contributed by atoms with E-state index in [0.29, 0.717) is 0 Å². The van der Waals surface area contributed by atoms with Gasteiger partial charge in [0.05, 0.1) is 12.2 Å². The van der Waals surface area contributed by atoms with Gasteiger partial charge in [0.1, 0.15) is 11.3 Å². The standard InChI is InChI=1S/C10H9F3O3/c1-2-16-9(15)6-4-3-5-7(14)8(6)10(11,12)13/h3-5,14H,2H2,1H3. The summed E-state index contributed by atoms with van der Waals surface area (Å²) in [7, 11) is 0. The number of carbonyl (C=O) groups is 1. The lowest BCUT2D eigenvalue weighted by molar-refractivity contribution is -0.139. The quantitative estimate of drug-likeness (QED) is 0.800. The molecule has 1 aromatic carbocycles. The van der Waals surface area contributed by atoms with E-state index in [1.165, 1.54) is 6.92 Å². The molecule has 0 fully saturated rings. The minimum atomic E-state index is -4.80. The molecule has 0 heterocycles. The Balaban J connectivity index is 3.29. The summed E-state index contributed by atoms with van der Waals surface area (Å²) in [5.74, 6) is -2.09. The van der Waals surface area contributed by atoms with E-state index >= 15 is 0 Å². The zero-order chi connectivity index (χ0) is 12.3. The number of hydrogen-bond donors (Lipinski definition) is 1. The zero-order valence-electron chi connectivity index (χ0n) is 8.34. The van der Waals surface area contributed by atoms with Crippen LogP contribution >= 0.6 is 0 Å². The average molecular weight is 234 g/mol. The third kappa shape index (κ3) is 2.44. The van der Waals surface area contributed by atoms with E-state index in [9.17, 15) is 18.0 Å². The molecule has 3 nitrogen and oxygen atoms in total. The highest BCUT2D eigenvalue weighted by atomic mass is 19.4. The SMILES string of the molecule is CCOC(=O)c1cccc(O)c1C(F)(F)F.